The van der Waals surface area contributed by atoms with Crippen molar-refractivity contribution >= 4 is 40.9 Å². The summed E-state index contributed by atoms with van der Waals surface area (Å²) < 4.78 is 15.9. The first-order valence-electron chi connectivity index (χ1n) is 8.00. The number of rotatable bonds is 6. The standard InChI is InChI=1S/C19H16Cl2N2O4/c1-12(2-3-13-4-7-16-18(8-13)27-11-26-16)22-23-19(24)10-25-17-9-14(20)5-6-15(17)21/h2-9H,10-11H2,1H3,(H,23,24)/b3-2+,22-12-. The first-order valence-corrected chi connectivity index (χ1v) is 8.75. The lowest BCUT2D eigenvalue weighted by Gasteiger charge is -2.07. The number of halogens is 2. The third kappa shape index (κ3) is 5.39. The van der Waals surface area contributed by atoms with Crippen LogP contribution in [0.2, 0.25) is 10.0 Å². The molecule has 2 aromatic carbocycles. The molecule has 1 amide bonds. The quantitative estimate of drug-likeness (QED) is 0.573. The van der Waals surface area contributed by atoms with Gasteiger partial charge in [-0.05, 0) is 42.8 Å². The minimum absolute atomic E-state index is 0.233. The van der Waals surface area contributed by atoms with Crippen molar-refractivity contribution in [3.8, 4) is 17.2 Å². The van der Waals surface area contributed by atoms with Gasteiger partial charge in [0.15, 0.2) is 18.1 Å². The largest absolute Gasteiger partial charge is 0.482 e. The van der Waals surface area contributed by atoms with Crippen LogP contribution in [0, 0.1) is 0 Å². The number of benzene rings is 2. The van der Waals surface area contributed by atoms with E-state index in [4.69, 9.17) is 37.4 Å². The van der Waals surface area contributed by atoms with Crippen LogP contribution < -0.4 is 19.6 Å². The molecule has 2 aromatic rings. The average Bonchev–Trinajstić information content (AvgIpc) is 3.13. The van der Waals surface area contributed by atoms with Gasteiger partial charge in [0.25, 0.3) is 5.91 Å². The highest BCUT2D eigenvalue weighted by atomic mass is 35.5. The fraction of sp³-hybridized carbons (Fsp3) is 0.158. The van der Waals surface area contributed by atoms with Crippen molar-refractivity contribution in [3.05, 3.63) is 58.1 Å². The van der Waals surface area contributed by atoms with E-state index in [0.717, 1.165) is 11.3 Å². The fourth-order valence-electron chi connectivity index (χ4n) is 2.18. The molecule has 27 heavy (non-hydrogen) atoms. The summed E-state index contributed by atoms with van der Waals surface area (Å²) in [5.41, 5.74) is 3.96. The predicted molar refractivity (Wildman–Crippen MR) is 105 cm³/mol. The Kier molecular flexibility index (Phi) is 6.21. The van der Waals surface area contributed by atoms with Gasteiger partial charge in [0.1, 0.15) is 5.75 Å². The van der Waals surface area contributed by atoms with Crippen LogP contribution in [0.15, 0.2) is 47.6 Å². The lowest BCUT2D eigenvalue weighted by Crippen LogP contribution is -2.25. The third-order valence-electron chi connectivity index (χ3n) is 3.52. The van der Waals surface area contributed by atoms with E-state index in [0.29, 0.717) is 27.3 Å². The second-order valence-electron chi connectivity index (χ2n) is 5.60. The smallest absolute Gasteiger partial charge is 0.277 e. The van der Waals surface area contributed by atoms with Crippen LogP contribution in [0.4, 0.5) is 0 Å². The van der Waals surface area contributed by atoms with Gasteiger partial charge in [-0.3, -0.25) is 4.79 Å². The van der Waals surface area contributed by atoms with Crippen LogP contribution >= 0.6 is 23.2 Å². The minimum Gasteiger partial charge on any atom is -0.482 e. The maximum absolute atomic E-state index is 11.8. The van der Waals surface area contributed by atoms with Crippen molar-refractivity contribution in [1.29, 1.82) is 0 Å². The van der Waals surface area contributed by atoms with Gasteiger partial charge in [-0.15, -0.1) is 0 Å². The lowest BCUT2D eigenvalue weighted by molar-refractivity contribution is -0.123. The molecular formula is C19H16Cl2N2O4. The highest BCUT2D eigenvalue weighted by Crippen LogP contribution is 2.32. The molecule has 0 saturated carbocycles. The predicted octanol–water partition coefficient (Wildman–Crippen LogP) is 4.31. The highest BCUT2D eigenvalue weighted by Gasteiger charge is 2.12. The molecule has 0 fully saturated rings. The molecule has 1 aliphatic heterocycles. The first kappa shape index (κ1) is 19.1. The summed E-state index contributed by atoms with van der Waals surface area (Å²) in [6, 6.07) is 10.4. The summed E-state index contributed by atoms with van der Waals surface area (Å²) in [6.45, 7) is 1.76. The number of carbonyl (C=O) groups excluding carboxylic acids is 1. The number of amides is 1. The maximum atomic E-state index is 11.8. The van der Waals surface area contributed by atoms with E-state index in [-0.39, 0.29) is 13.4 Å². The first-order chi connectivity index (χ1) is 13.0. The Bertz CT molecular complexity index is 913. The monoisotopic (exact) mass is 406 g/mol. The van der Waals surface area contributed by atoms with E-state index in [1.807, 2.05) is 24.3 Å². The van der Waals surface area contributed by atoms with Crippen molar-refractivity contribution in [2.45, 2.75) is 6.92 Å². The number of nitrogens with zero attached hydrogens (tertiary/aromatic N) is 1. The zero-order valence-corrected chi connectivity index (χ0v) is 15.9. The molecule has 0 bridgehead atoms. The highest BCUT2D eigenvalue weighted by molar-refractivity contribution is 6.34. The number of carbonyl (C=O) groups is 1. The topological polar surface area (TPSA) is 69.2 Å². The van der Waals surface area contributed by atoms with Crippen molar-refractivity contribution in [3.63, 3.8) is 0 Å². The molecule has 1 heterocycles. The Labute approximate surface area is 166 Å². The zero-order valence-electron chi connectivity index (χ0n) is 14.4. The molecule has 1 N–H and O–H groups in total. The van der Waals surface area contributed by atoms with E-state index < -0.39 is 5.91 Å². The summed E-state index contributed by atoms with van der Waals surface area (Å²) in [5.74, 6) is 1.35. The van der Waals surface area contributed by atoms with E-state index in [9.17, 15) is 4.79 Å². The molecule has 0 saturated heterocycles. The molecule has 3 rings (SSSR count). The second kappa shape index (κ2) is 8.79. The Morgan fingerprint density at radius 2 is 2.04 bits per heavy atom. The maximum Gasteiger partial charge on any atom is 0.277 e. The summed E-state index contributed by atoms with van der Waals surface area (Å²) in [6.07, 6.45) is 3.63. The molecule has 0 aromatic heterocycles. The van der Waals surface area contributed by atoms with Gasteiger partial charge in [0.2, 0.25) is 6.79 Å². The fourth-order valence-corrected chi connectivity index (χ4v) is 2.52. The molecule has 1 aliphatic rings. The number of ether oxygens (including phenoxy) is 3. The summed E-state index contributed by atoms with van der Waals surface area (Å²) in [4.78, 5) is 11.8. The van der Waals surface area contributed by atoms with Gasteiger partial charge in [-0.25, -0.2) is 5.43 Å². The molecule has 6 nitrogen and oxygen atoms in total. The van der Waals surface area contributed by atoms with E-state index in [2.05, 4.69) is 10.5 Å². The average molecular weight is 407 g/mol. The van der Waals surface area contributed by atoms with Gasteiger partial charge in [0, 0.05) is 11.1 Å². The molecule has 8 heteroatoms. The number of allylic oxidation sites excluding steroid dienone is 1. The Hall–Kier alpha value is -2.70. The number of nitrogens with one attached hydrogen (secondary N) is 1. The lowest BCUT2D eigenvalue weighted by atomic mass is 10.2. The van der Waals surface area contributed by atoms with Crippen LogP contribution in [0.1, 0.15) is 12.5 Å². The van der Waals surface area contributed by atoms with E-state index in [1.54, 1.807) is 31.2 Å². The molecule has 0 aliphatic carbocycles. The molecular weight excluding hydrogens is 391 g/mol. The van der Waals surface area contributed by atoms with Crippen molar-refractivity contribution < 1.29 is 19.0 Å². The summed E-state index contributed by atoms with van der Waals surface area (Å²) >= 11 is 11.8. The molecule has 0 spiro atoms. The van der Waals surface area contributed by atoms with Gasteiger partial charge in [-0.2, -0.15) is 5.10 Å². The van der Waals surface area contributed by atoms with Crippen LogP contribution in [0.3, 0.4) is 0 Å². The number of hydrogen-bond donors (Lipinski definition) is 1. The number of hydrogen-bond acceptors (Lipinski definition) is 5. The van der Waals surface area contributed by atoms with E-state index in [1.165, 1.54) is 0 Å². The summed E-state index contributed by atoms with van der Waals surface area (Å²) in [5, 5.41) is 4.84. The molecule has 0 atom stereocenters. The Morgan fingerprint density at radius 1 is 1.22 bits per heavy atom. The van der Waals surface area contributed by atoms with Crippen LogP contribution in [0.25, 0.3) is 6.08 Å². The van der Waals surface area contributed by atoms with Crippen molar-refractivity contribution in [1.82, 2.24) is 5.43 Å². The molecule has 0 radical (unpaired) electrons. The molecule has 140 valence electrons. The zero-order chi connectivity index (χ0) is 19.2. The number of hydrazone groups is 1. The van der Waals surface area contributed by atoms with Gasteiger partial charge < -0.3 is 14.2 Å². The minimum atomic E-state index is -0.415. The van der Waals surface area contributed by atoms with Gasteiger partial charge >= 0.3 is 0 Å². The molecule has 0 unspecified atom stereocenters. The Morgan fingerprint density at radius 3 is 2.89 bits per heavy atom. The van der Waals surface area contributed by atoms with Crippen LogP contribution in [-0.2, 0) is 4.79 Å². The normalized spacial score (nSPS) is 13.1. The SMILES string of the molecule is CC(/C=C/c1ccc2c(c1)OCO2)=N/NC(=O)COc1cc(Cl)ccc1Cl. The summed E-state index contributed by atoms with van der Waals surface area (Å²) in [7, 11) is 0. The van der Waals surface area contributed by atoms with E-state index >= 15 is 0 Å². The van der Waals surface area contributed by atoms with Crippen LogP contribution in [-0.4, -0.2) is 25.0 Å². The van der Waals surface area contributed by atoms with Crippen LogP contribution in [0.5, 0.6) is 17.2 Å². The third-order valence-corrected chi connectivity index (χ3v) is 4.07. The Balaban J connectivity index is 1.51. The van der Waals surface area contributed by atoms with Crippen molar-refractivity contribution in [2.75, 3.05) is 13.4 Å². The second-order valence-corrected chi connectivity index (χ2v) is 6.44. The van der Waals surface area contributed by atoms with Gasteiger partial charge in [-0.1, -0.05) is 35.3 Å². The number of fused-ring (bicyclic) bond motifs is 1. The van der Waals surface area contributed by atoms with Gasteiger partial charge in [0.05, 0.1) is 10.7 Å². The van der Waals surface area contributed by atoms with Crippen molar-refractivity contribution in [2.24, 2.45) is 5.10 Å².